The zero-order valence-corrected chi connectivity index (χ0v) is 17.3. The van der Waals surface area contributed by atoms with Crippen molar-refractivity contribution >= 4 is 23.5 Å². The van der Waals surface area contributed by atoms with Crippen molar-refractivity contribution in [3.05, 3.63) is 82.7 Å². The fourth-order valence-electron chi connectivity index (χ4n) is 3.50. The highest BCUT2D eigenvalue weighted by molar-refractivity contribution is 6.05. The highest BCUT2D eigenvalue weighted by Gasteiger charge is 2.25. The summed E-state index contributed by atoms with van der Waals surface area (Å²) in [5, 5.41) is 7.12. The van der Waals surface area contributed by atoms with Crippen LogP contribution in [0, 0.1) is 6.92 Å². The average Bonchev–Trinajstić information content (AvgIpc) is 3.23. The number of amides is 2. The number of carbonyl (C=O) groups excluding carboxylic acids is 3. The first-order valence-electron chi connectivity index (χ1n) is 9.87. The van der Waals surface area contributed by atoms with Crippen LogP contribution < -0.4 is 5.32 Å². The molecule has 8 heteroatoms. The van der Waals surface area contributed by atoms with Crippen molar-refractivity contribution in [1.82, 2.24) is 14.7 Å². The van der Waals surface area contributed by atoms with Crippen molar-refractivity contribution < 1.29 is 19.1 Å². The molecule has 0 saturated heterocycles. The van der Waals surface area contributed by atoms with E-state index in [1.165, 1.54) is 7.11 Å². The Kier molecular flexibility index (Phi) is 5.53. The molecule has 158 valence electrons. The van der Waals surface area contributed by atoms with Crippen LogP contribution >= 0.6 is 0 Å². The lowest BCUT2D eigenvalue weighted by atomic mass is 10.1. The average molecular weight is 418 g/mol. The molecule has 1 aliphatic heterocycles. The summed E-state index contributed by atoms with van der Waals surface area (Å²) in [4.78, 5) is 39.0. The van der Waals surface area contributed by atoms with E-state index < -0.39 is 5.97 Å². The van der Waals surface area contributed by atoms with Gasteiger partial charge in [-0.15, -0.1) is 0 Å². The number of nitrogens with one attached hydrogen (secondary N) is 1. The fraction of sp³-hybridized carbons (Fsp3) is 0.217. The van der Waals surface area contributed by atoms with Crippen LogP contribution in [0.15, 0.2) is 54.6 Å². The summed E-state index contributed by atoms with van der Waals surface area (Å²) < 4.78 is 6.43. The standard InChI is InChI=1S/C23H22N4O4/c1-15-8-9-17(12-19(15)24-21(28)16-6-4-3-5-7-16)22(29)26-10-11-27-18(14-26)13-20(25-27)23(30)31-2/h3-9,12-13H,10-11,14H2,1-2H3,(H,24,28). The third-order valence-electron chi connectivity index (χ3n) is 5.25. The smallest absolute Gasteiger partial charge is 0.358 e. The molecule has 8 nitrogen and oxygen atoms in total. The van der Waals surface area contributed by atoms with Gasteiger partial charge in [0.15, 0.2) is 5.69 Å². The minimum absolute atomic E-state index is 0.151. The van der Waals surface area contributed by atoms with Crippen molar-refractivity contribution in [2.75, 3.05) is 19.0 Å². The normalized spacial score (nSPS) is 12.8. The van der Waals surface area contributed by atoms with Gasteiger partial charge in [0, 0.05) is 23.4 Å². The van der Waals surface area contributed by atoms with Crippen LogP contribution in [0.2, 0.25) is 0 Å². The summed E-state index contributed by atoms with van der Waals surface area (Å²) in [6.45, 7) is 3.17. The minimum atomic E-state index is -0.503. The quantitative estimate of drug-likeness (QED) is 0.658. The van der Waals surface area contributed by atoms with E-state index in [2.05, 4.69) is 10.4 Å². The Morgan fingerprint density at radius 3 is 2.52 bits per heavy atom. The number of methoxy groups -OCH3 is 1. The van der Waals surface area contributed by atoms with Crippen LogP contribution in [0.4, 0.5) is 5.69 Å². The first kappa shape index (κ1) is 20.3. The molecule has 0 fully saturated rings. The summed E-state index contributed by atoms with van der Waals surface area (Å²) in [6.07, 6.45) is 0. The number of carbonyl (C=O) groups is 3. The minimum Gasteiger partial charge on any atom is -0.464 e. The summed E-state index contributed by atoms with van der Waals surface area (Å²) in [7, 11) is 1.31. The van der Waals surface area contributed by atoms with E-state index in [0.717, 1.165) is 11.3 Å². The number of anilines is 1. The van der Waals surface area contributed by atoms with Crippen LogP contribution in [-0.4, -0.2) is 46.1 Å². The molecule has 1 aromatic heterocycles. The molecule has 1 aliphatic rings. The van der Waals surface area contributed by atoms with Gasteiger partial charge in [0.25, 0.3) is 11.8 Å². The monoisotopic (exact) mass is 418 g/mol. The number of aromatic nitrogens is 2. The van der Waals surface area contributed by atoms with Gasteiger partial charge in [0.05, 0.1) is 25.9 Å². The van der Waals surface area contributed by atoms with E-state index in [4.69, 9.17) is 4.74 Å². The van der Waals surface area contributed by atoms with Crippen molar-refractivity contribution in [3.63, 3.8) is 0 Å². The third-order valence-corrected chi connectivity index (χ3v) is 5.25. The highest BCUT2D eigenvalue weighted by atomic mass is 16.5. The Morgan fingerprint density at radius 1 is 1.00 bits per heavy atom. The molecule has 0 radical (unpaired) electrons. The Balaban J connectivity index is 1.51. The maximum absolute atomic E-state index is 13.1. The van der Waals surface area contributed by atoms with Crippen LogP contribution in [0.1, 0.15) is 42.5 Å². The maximum Gasteiger partial charge on any atom is 0.358 e. The first-order chi connectivity index (χ1) is 15.0. The molecule has 2 aromatic carbocycles. The van der Waals surface area contributed by atoms with Crippen molar-refractivity contribution in [2.24, 2.45) is 0 Å². The van der Waals surface area contributed by atoms with Gasteiger partial charge in [-0.05, 0) is 42.8 Å². The highest BCUT2D eigenvalue weighted by Crippen LogP contribution is 2.22. The van der Waals surface area contributed by atoms with E-state index >= 15 is 0 Å². The second kappa shape index (κ2) is 8.43. The largest absolute Gasteiger partial charge is 0.464 e. The van der Waals surface area contributed by atoms with E-state index in [9.17, 15) is 14.4 Å². The summed E-state index contributed by atoms with van der Waals surface area (Å²) in [5.41, 5.74) is 3.48. The van der Waals surface area contributed by atoms with Gasteiger partial charge >= 0.3 is 5.97 Å². The lowest BCUT2D eigenvalue weighted by molar-refractivity contribution is 0.0591. The topological polar surface area (TPSA) is 93.5 Å². The van der Waals surface area contributed by atoms with Gasteiger partial charge in [-0.1, -0.05) is 24.3 Å². The van der Waals surface area contributed by atoms with Crippen LogP contribution in [0.25, 0.3) is 0 Å². The molecule has 0 atom stereocenters. The molecule has 0 saturated carbocycles. The fourth-order valence-corrected chi connectivity index (χ4v) is 3.50. The molecule has 1 N–H and O–H groups in total. The molecule has 0 aliphatic carbocycles. The van der Waals surface area contributed by atoms with Gasteiger partial charge in [0.2, 0.25) is 0 Å². The Bertz CT molecular complexity index is 1150. The number of fused-ring (bicyclic) bond motifs is 1. The predicted molar refractivity (Wildman–Crippen MR) is 114 cm³/mol. The van der Waals surface area contributed by atoms with Gasteiger partial charge in [-0.3, -0.25) is 14.3 Å². The molecule has 3 aromatic rings. The van der Waals surface area contributed by atoms with E-state index in [-0.39, 0.29) is 17.5 Å². The zero-order chi connectivity index (χ0) is 22.0. The number of hydrogen-bond acceptors (Lipinski definition) is 5. The van der Waals surface area contributed by atoms with Crippen LogP contribution in [0.3, 0.4) is 0 Å². The van der Waals surface area contributed by atoms with Gasteiger partial charge in [0.1, 0.15) is 0 Å². The van der Waals surface area contributed by atoms with Crippen molar-refractivity contribution in [2.45, 2.75) is 20.0 Å². The number of hydrogen-bond donors (Lipinski definition) is 1. The molecular weight excluding hydrogens is 396 g/mol. The molecule has 31 heavy (non-hydrogen) atoms. The Labute approximate surface area is 179 Å². The first-order valence-corrected chi connectivity index (χ1v) is 9.87. The maximum atomic E-state index is 13.1. The number of ether oxygens (including phenoxy) is 1. The number of aryl methyl sites for hydroxylation is 1. The van der Waals surface area contributed by atoms with Gasteiger partial charge in [-0.25, -0.2) is 4.79 Å². The van der Waals surface area contributed by atoms with Crippen LogP contribution in [-0.2, 0) is 17.8 Å². The van der Waals surface area contributed by atoms with Crippen molar-refractivity contribution in [3.8, 4) is 0 Å². The summed E-state index contributed by atoms with van der Waals surface area (Å²) >= 11 is 0. The lowest BCUT2D eigenvalue weighted by Gasteiger charge is -2.28. The number of rotatable bonds is 4. The summed E-state index contributed by atoms with van der Waals surface area (Å²) in [5.74, 6) is -0.884. The molecule has 0 spiro atoms. The predicted octanol–water partition coefficient (Wildman–Crippen LogP) is 2.89. The number of esters is 1. The Hall–Kier alpha value is -3.94. The second-order valence-electron chi connectivity index (χ2n) is 7.31. The van der Waals surface area contributed by atoms with E-state index in [0.29, 0.717) is 36.4 Å². The molecule has 2 amide bonds. The molecule has 4 rings (SSSR count). The zero-order valence-electron chi connectivity index (χ0n) is 17.3. The number of benzene rings is 2. The Morgan fingerprint density at radius 2 is 1.77 bits per heavy atom. The molecule has 0 bridgehead atoms. The molecule has 2 heterocycles. The molecular formula is C23H22N4O4. The van der Waals surface area contributed by atoms with Crippen molar-refractivity contribution in [1.29, 1.82) is 0 Å². The SMILES string of the molecule is COC(=O)c1cc2n(n1)CCN(C(=O)c1ccc(C)c(NC(=O)c3ccccc3)c1)C2. The van der Waals surface area contributed by atoms with Gasteiger partial charge < -0.3 is 15.0 Å². The van der Waals surface area contributed by atoms with Gasteiger partial charge in [-0.2, -0.15) is 5.10 Å². The second-order valence-corrected chi connectivity index (χ2v) is 7.31. The van der Waals surface area contributed by atoms with Crippen LogP contribution in [0.5, 0.6) is 0 Å². The summed E-state index contributed by atoms with van der Waals surface area (Å²) in [6, 6.07) is 15.8. The molecule has 0 unspecified atom stereocenters. The third kappa shape index (κ3) is 4.18. The van der Waals surface area contributed by atoms with E-state index in [1.54, 1.807) is 52.0 Å². The lowest BCUT2D eigenvalue weighted by Crippen LogP contribution is -2.38. The number of nitrogens with zero attached hydrogens (tertiary/aromatic N) is 3. The van der Waals surface area contributed by atoms with E-state index in [1.807, 2.05) is 19.1 Å².